The molecule has 0 aliphatic rings. The summed E-state index contributed by atoms with van der Waals surface area (Å²) in [5.41, 5.74) is 2.47. The minimum atomic E-state index is 0.191. The lowest BCUT2D eigenvalue weighted by Gasteiger charge is -2.18. The summed E-state index contributed by atoms with van der Waals surface area (Å²) in [5, 5.41) is 5.55. The van der Waals surface area contributed by atoms with Gasteiger partial charge in [-0.15, -0.1) is 11.3 Å². The highest BCUT2D eigenvalue weighted by Crippen LogP contribution is 2.31. The molecule has 2 aromatic rings. The molecule has 2 nitrogen and oxygen atoms in total. The molecule has 1 atom stereocenters. The summed E-state index contributed by atoms with van der Waals surface area (Å²) in [6.07, 6.45) is 0. The molecule has 90 valence electrons. The van der Waals surface area contributed by atoms with Crippen LogP contribution in [-0.2, 0) is 0 Å². The molecule has 1 aromatic heterocycles. The first kappa shape index (κ1) is 12.1. The quantitative estimate of drug-likeness (QED) is 0.894. The van der Waals surface area contributed by atoms with E-state index < -0.39 is 0 Å². The SMILES string of the molecule is CNC(c1csc(C)c1)c1ccccc1OC. The third-order valence-corrected chi connectivity index (χ3v) is 3.70. The normalized spacial score (nSPS) is 12.4. The summed E-state index contributed by atoms with van der Waals surface area (Å²) < 4.78 is 5.42. The van der Waals surface area contributed by atoms with Crippen LogP contribution in [0, 0.1) is 6.92 Å². The number of benzene rings is 1. The average Bonchev–Trinajstić information content (AvgIpc) is 2.77. The Balaban J connectivity index is 2.41. The van der Waals surface area contributed by atoms with Crippen molar-refractivity contribution < 1.29 is 4.74 Å². The minimum Gasteiger partial charge on any atom is -0.496 e. The lowest BCUT2D eigenvalue weighted by molar-refractivity contribution is 0.405. The smallest absolute Gasteiger partial charge is 0.123 e. The number of thiophene rings is 1. The van der Waals surface area contributed by atoms with Crippen LogP contribution in [0.15, 0.2) is 35.7 Å². The van der Waals surface area contributed by atoms with E-state index in [1.54, 1.807) is 18.4 Å². The zero-order chi connectivity index (χ0) is 12.3. The van der Waals surface area contributed by atoms with E-state index in [0.717, 1.165) is 5.75 Å². The van der Waals surface area contributed by atoms with E-state index in [-0.39, 0.29) is 6.04 Å². The predicted octanol–water partition coefficient (Wildman–Crippen LogP) is 3.37. The summed E-state index contributed by atoms with van der Waals surface area (Å²) in [6.45, 7) is 2.13. The maximum absolute atomic E-state index is 5.42. The van der Waals surface area contributed by atoms with Crippen LogP contribution in [-0.4, -0.2) is 14.2 Å². The second-order valence-electron chi connectivity index (χ2n) is 3.95. The standard InChI is InChI=1S/C14H17NOS/c1-10-8-11(9-17-10)14(15-2)12-6-4-5-7-13(12)16-3/h4-9,14-15H,1-3H3. The Hall–Kier alpha value is -1.32. The van der Waals surface area contributed by atoms with Gasteiger partial charge in [-0.1, -0.05) is 18.2 Å². The molecule has 1 N–H and O–H groups in total. The number of rotatable bonds is 4. The Kier molecular flexibility index (Phi) is 3.82. The van der Waals surface area contributed by atoms with Gasteiger partial charge in [-0.25, -0.2) is 0 Å². The Bertz CT molecular complexity index is 492. The van der Waals surface area contributed by atoms with Gasteiger partial charge >= 0.3 is 0 Å². The molecule has 17 heavy (non-hydrogen) atoms. The third-order valence-electron chi connectivity index (χ3n) is 2.82. The summed E-state index contributed by atoms with van der Waals surface area (Å²) >= 11 is 1.78. The van der Waals surface area contributed by atoms with Crippen molar-refractivity contribution in [2.75, 3.05) is 14.2 Å². The molecule has 0 saturated carbocycles. The zero-order valence-electron chi connectivity index (χ0n) is 10.4. The van der Waals surface area contributed by atoms with Gasteiger partial charge in [0, 0.05) is 10.4 Å². The molecule has 1 unspecified atom stereocenters. The summed E-state index contributed by atoms with van der Waals surface area (Å²) in [6, 6.07) is 10.6. The highest BCUT2D eigenvalue weighted by molar-refractivity contribution is 7.10. The van der Waals surface area contributed by atoms with Crippen molar-refractivity contribution in [1.29, 1.82) is 0 Å². The van der Waals surface area contributed by atoms with Gasteiger partial charge in [0.25, 0.3) is 0 Å². The fourth-order valence-corrected chi connectivity index (χ4v) is 2.75. The van der Waals surface area contributed by atoms with Crippen LogP contribution in [0.3, 0.4) is 0 Å². The lowest BCUT2D eigenvalue weighted by Crippen LogP contribution is -2.17. The van der Waals surface area contributed by atoms with Crippen molar-refractivity contribution in [3.05, 3.63) is 51.7 Å². The van der Waals surface area contributed by atoms with Crippen LogP contribution in [0.2, 0.25) is 0 Å². The molecule has 0 saturated heterocycles. The zero-order valence-corrected chi connectivity index (χ0v) is 11.2. The summed E-state index contributed by atoms with van der Waals surface area (Å²) in [7, 11) is 3.69. The van der Waals surface area contributed by atoms with E-state index in [2.05, 4.69) is 29.8 Å². The molecule has 0 aliphatic carbocycles. The number of ether oxygens (including phenoxy) is 1. The third kappa shape index (κ3) is 2.51. The molecule has 3 heteroatoms. The largest absolute Gasteiger partial charge is 0.496 e. The van der Waals surface area contributed by atoms with Crippen LogP contribution in [0.4, 0.5) is 0 Å². The van der Waals surface area contributed by atoms with E-state index in [9.17, 15) is 0 Å². The predicted molar refractivity (Wildman–Crippen MR) is 73.0 cm³/mol. The fraction of sp³-hybridized carbons (Fsp3) is 0.286. The monoisotopic (exact) mass is 247 g/mol. The topological polar surface area (TPSA) is 21.3 Å². The molecular weight excluding hydrogens is 230 g/mol. The average molecular weight is 247 g/mol. The Morgan fingerprint density at radius 2 is 2.06 bits per heavy atom. The number of methoxy groups -OCH3 is 1. The number of hydrogen-bond acceptors (Lipinski definition) is 3. The Labute approximate surface area is 106 Å². The molecule has 1 aromatic carbocycles. The van der Waals surface area contributed by atoms with Crippen LogP contribution in [0.5, 0.6) is 5.75 Å². The van der Waals surface area contributed by atoms with Gasteiger partial charge in [0.15, 0.2) is 0 Å². The molecule has 0 amide bonds. The van der Waals surface area contributed by atoms with Gasteiger partial charge in [-0.3, -0.25) is 0 Å². The van der Waals surface area contributed by atoms with Crippen molar-refractivity contribution in [2.45, 2.75) is 13.0 Å². The number of para-hydroxylation sites is 1. The van der Waals surface area contributed by atoms with Gasteiger partial charge in [0.1, 0.15) is 5.75 Å². The minimum absolute atomic E-state index is 0.191. The molecule has 0 radical (unpaired) electrons. The fourth-order valence-electron chi connectivity index (χ4n) is 2.02. The molecule has 0 fully saturated rings. The van der Waals surface area contributed by atoms with E-state index >= 15 is 0 Å². The van der Waals surface area contributed by atoms with Gasteiger partial charge in [-0.05, 0) is 37.0 Å². The van der Waals surface area contributed by atoms with Gasteiger partial charge in [0.2, 0.25) is 0 Å². The van der Waals surface area contributed by atoms with Gasteiger partial charge < -0.3 is 10.1 Å². The number of hydrogen-bond donors (Lipinski definition) is 1. The van der Waals surface area contributed by atoms with Crippen LogP contribution >= 0.6 is 11.3 Å². The first-order valence-electron chi connectivity index (χ1n) is 5.61. The van der Waals surface area contributed by atoms with E-state index in [0.29, 0.717) is 0 Å². The van der Waals surface area contributed by atoms with Crippen molar-refractivity contribution in [2.24, 2.45) is 0 Å². The molecular formula is C14H17NOS. The molecule has 0 aliphatic heterocycles. The molecule has 1 heterocycles. The van der Waals surface area contributed by atoms with Crippen LogP contribution in [0.1, 0.15) is 22.0 Å². The first-order valence-corrected chi connectivity index (χ1v) is 6.49. The highest BCUT2D eigenvalue weighted by Gasteiger charge is 2.16. The Morgan fingerprint density at radius 3 is 2.65 bits per heavy atom. The maximum atomic E-state index is 5.42. The van der Waals surface area contributed by atoms with Crippen LogP contribution < -0.4 is 10.1 Å². The van der Waals surface area contributed by atoms with E-state index in [4.69, 9.17) is 4.74 Å². The first-order chi connectivity index (χ1) is 8.26. The highest BCUT2D eigenvalue weighted by atomic mass is 32.1. The second kappa shape index (κ2) is 5.34. The van der Waals surface area contributed by atoms with Gasteiger partial charge in [0.05, 0.1) is 13.2 Å². The van der Waals surface area contributed by atoms with Crippen molar-refractivity contribution in [1.82, 2.24) is 5.32 Å². The van der Waals surface area contributed by atoms with Crippen LogP contribution in [0.25, 0.3) is 0 Å². The maximum Gasteiger partial charge on any atom is 0.123 e. The molecule has 0 spiro atoms. The lowest BCUT2D eigenvalue weighted by atomic mass is 10.0. The van der Waals surface area contributed by atoms with Crippen molar-refractivity contribution in [3.63, 3.8) is 0 Å². The van der Waals surface area contributed by atoms with Gasteiger partial charge in [-0.2, -0.15) is 0 Å². The van der Waals surface area contributed by atoms with E-state index in [1.807, 2.05) is 25.2 Å². The molecule has 0 bridgehead atoms. The second-order valence-corrected chi connectivity index (χ2v) is 5.07. The van der Waals surface area contributed by atoms with Crippen molar-refractivity contribution in [3.8, 4) is 5.75 Å². The summed E-state index contributed by atoms with van der Waals surface area (Å²) in [5.74, 6) is 0.927. The van der Waals surface area contributed by atoms with E-state index in [1.165, 1.54) is 16.0 Å². The number of nitrogens with one attached hydrogen (secondary N) is 1. The summed E-state index contributed by atoms with van der Waals surface area (Å²) in [4.78, 5) is 1.33. The Morgan fingerprint density at radius 1 is 1.29 bits per heavy atom. The van der Waals surface area contributed by atoms with Crippen molar-refractivity contribution >= 4 is 11.3 Å². The molecule has 2 rings (SSSR count). The number of aryl methyl sites for hydroxylation is 1.